The van der Waals surface area contributed by atoms with Gasteiger partial charge in [-0.3, -0.25) is 14.8 Å². The van der Waals surface area contributed by atoms with E-state index in [1.807, 2.05) is 17.0 Å². The third-order valence-corrected chi connectivity index (χ3v) is 4.28. The van der Waals surface area contributed by atoms with Crippen LogP contribution < -0.4 is 4.74 Å². The van der Waals surface area contributed by atoms with Crippen molar-refractivity contribution >= 4 is 17.5 Å². The number of carbonyl (C=O) groups is 1. The van der Waals surface area contributed by atoms with Crippen molar-refractivity contribution in [3.8, 4) is 5.75 Å². The van der Waals surface area contributed by atoms with Gasteiger partial charge in [0.2, 0.25) is 0 Å². The van der Waals surface area contributed by atoms with Gasteiger partial charge in [-0.15, -0.1) is 0 Å². The van der Waals surface area contributed by atoms with Gasteiger partial charge in [-0.2, -0.15) is 0 Å². The van der Waals surface area contributed by atoms with Gasteiger partial charge in [-0.05, 0) is 30.9 Å². The Bertz CT molecular complexity index is 658. The number of pyridine rings is 2. The highest BCUT2D eigenvalue weighted by Crippen LogP contribution is 2.25. The molecule has 2 aromatic rings. The van der Waals surface area contributed by atoms with Gasteiger partial charge < -0.3 is 9.64 Å². The number of nitrogens with zero attached hydrogens (tertiary/aromatic N) is 3. The molecule has 1 fully saturated rings. The van der Waals surface area contributed by atoms with E-state index in [4.69, 9.17) is 16.3 Å². The molecule has 0 saturated carbocycles. The Morgan fingerprint density at radius 1 is 1.26 bits per heavy atom. The van der Waals surface area contributed by atoms with Gasteiger partial charge in [0.1, 0.15) is 16.5 Å². The van der Waals surface area contributed by atoms with Crippen LogP contribution in [0.25, 0.3) is 0 Å². The van der Waals surface area contributed by atoms with Crippen LogP contribution in [-0.4, -0.2) is 40.5 Å². The Hall–Kier alpha value is -2.14. The first kappa shape index (κ1) is 15.7. The lowest BCUT2D eigenvalue weighted by Gasteiger charge is -2.31. The molecule has 1 aliphatic rings. The number of aromatic nitrogens is 2. The summed E-state index contributed by atoms with van der Waals surface area (Å²) in [5.41, 5.74) is 0.505. The second-order valence-corrected chi connectivity index (χ2v) is 5.97. The summed E-state index contributed by atoms with van der Waals surface area (Å²) in [5, 5.41) is 0.523. The lowest BCUT2D eigenvalue weighted by molar-refractivity contribution is 0.0655. The number of hydrogen-bond donors (Lipinski definition) is 0. The van der Waals surface area contributed by atoms with Crippen LogP contribution >= 0.6 is 11.6 Å². The van der Waals surface area contributed by atoms with Gasteiger partial charge in [-0.25, -0.2) is 0 Å². The van der Waals surface area contributed by atoms with E-state index in [1.165, 1.54) is 0 Å². The first-order chi connectivity index (χ1) is 11.2. The minimum Gasteiger partial charge on any atom is -0.492 e. The average molecular weight is 332 g/mol. The maximum atomic E-state index is 12.3. The zero-order valence-electron chi connectivity index (χ0n) is 12.7. The molecule has 5 nitrogen and oxygen atoms in total. The monoisotopic (exact) mass is 331 g/mol. The van der Waals surface area contributed by atoms with Crippen LogP contribution in [0.2, 0.25) is 5.02 Å². The summed E-state index contributed by atoms with van der Waals surface area (Å²) in [7, 11) is 0. The van der Waals surface area contributed by atoms with Gasteiger partial charge in [-0.1, -0.05) is 17.7 Å². The van der Waals surface area contributed by atoms with Crippen LogP contribution in [0.1, 0.15) is 23.3 Å². The maximum absolute atomic E-state index is 12.3. The van der Waals surface area contributed by atoms with E-state index in [9.17, 15) is 4.79 Å². The van der Waals surface area contributed by atoms with E-state index in [0.717, 1.165) is 25.9 Å². The van der Waals surface area contributed by atoms with Crippen molar-refractivity contribution in [3.05, 3.63) is 53.6 Å². The van der Waals surface area contributed by atoms with E-state index < -0.39 is 0 Å². The second-order valence-electron chi connectivity index (χ2n) is 5.57. The smallest absolute Gasteiger partial charge is 0.272 e. The number of ether oxygens (including phenoxy) is 1. The molecular weight excluding hydrogens is 314 g/mol. The van der Waals surface area contributed by atoms with Crippen LogP contribution in [0, 0.1) is 5.92 Å². The first-order valence-corrected chi connectivity index (χ1v) is 8.04. The van der Waals surface area contributed by atoms with Gasteiger partial charge >= 0.3 is 0 Å². The molecule has 120 valence electrons. The highest BCUT2D eigenvalue weighted by molar-refractivity contribution is 6.31. The fourth-order valence-electron chi connectivity index (χ4n) is 2.64. The summed E-state index contributed by atoms with van der Waals surface area (Å²) >= 11 is 6.03. The molecule has 0 aliphatic carbocycles. The van der Waals surface area contributed by atoms with E-state index in [1.54, 1.807) is 30.7 Å². The van der Waals surface area contributed by atoms with Crippen LogP contribution in [0.3, 0.4) is 0 Å². The van der Waals surface area contributed by atoms with E-state index in [-0.39, 0.29) is 5.91 Å². The summed E-state index contributed by atoms with van der Waals surface area (Å²) in [5.74, 6) is 1.09. The Labute approximate surface area is 140 Å². The topological polar surface area (TPSA) is 55.3 Å². The summed E-state index contributed by atoms with van der Waals surface area (Å²) < 4.78 is 5.77. The molecule has 2 aromatic heterocycles. The number of amides is 1. The van der Waals surface area contributed by atoms with Crippen LogP contribution in [0.15, 0.2) is 42.9 Å². The Morgan fingerprint density at radius 3 is 2.78 bits per heavy atom. The SMILES string of the molecule is O=C(c1ccccn1)N1CCC(COc2ccncc2Cl)CC1. The molecule has 0 spiro atoms. The predicted octanol–water partition coefficient (Wildman–Crippen LogP) is 3.06. The van der Waals surface area contributed by atoms with Crippen molar-refractivity contribution in [2.24, 2.45) is 5.92 Å². The number of halogens is 1. The molecule has 0 N–H and O–H groups in total. The quantitative estimate of drug-likeness (QED) is 0.864. The summed E-state index contributed by atoms with van der Waals surface area (Å²) in [6.07, 6.45) is 6.72. The molecule has 0 bridgehead atoms. The first-order valence-electron chi connectivity index (χ1n) is 7.66. The summed E-state index contributed by atoms with van der Waals surface area (Å²) in [4.78, 5) is 22.3. The van der Waals surface area contributed by atoms with Crippen molar-refractivity contribution in [2.75, 3.05) is 19.7 Å². The highest BCUT2D eigenvalue weighted by Gasteiger charge is 2.24. The Balaban J connectivity index is 1.49. The highest BCUT2D eigenvalue weighted by atomic mass is 35.5. The Kier molecular flexibility index (Phi) is 5.08. The molecule has 0 aromatic carbocycles. The lowest BCUT2D eigenvalue weighted by Crippen LogP contribution is -2.40. The number of piperidine rings is 1. The van der Waals surface area contributed by atoms with Crippen molar-refractivity contribution in [1.82, 2.24) is 14.9 Å². The number of hydrogen-bond acceptors (Lipinski definition) is 4. The minimum absolute atomic E-state index is 0.00199. The molecule has 0 radical (unpaired) electrons. The standard InChI is InChI=1S/C17H18ClN3O2/c18-14-11-19-8-4-16(14)23-12-13-5-9-21(10-6-13)17(22)15-3-1-2-7-20-15/h1-4,7-8,11,13H,5-6,9-10,12H2. The zero-order valence-corrected chi connectivity index (χ0v) is 13.4. The van der Waals surface area contributed by atoms with E-state index in [2.05, 4.69) is 9.97 Å². The van der Waals surface area contributed by atoms with Crippen molar-refractivity contribution in [1.29, 1.82) is 0 Å². The molecule has 3 rings (SSSR count). The molecular formula is C17H18ClN3O2. The second kappa shape index (κ2) is 7.42. The lowest BCUT2D eigenvalue weighted by atomic mass is 9.97. The number of rotatable bonds is 4. The van der Waals surface area contributed by atoms with Gasteiger partial charge in [0.15, 0.2) is 0 Å². The molecule has 0 atom stereocenters. The molecule has 0 unspecified atom stereocenters. The molecule has 6 heteroatoms. The van der Waals surface area contributed by atoms with Crippen LogP contribution in [0.4, 0.5) is 0 Å². The predicted molar refractivity (Wildman–Crippen MR) is 87.6 cm³/mol. The van der Waals surface area contributed by atoms with Crippen LogP contribution in [0.5, 0.6) is 5.75 Å². The number of carbonyl (C=O) groups excluding carboxylic acids is 1. The number of likely N-dealkylation sites (tertiary alicyclic amines) is 1. The van der Waals surface area contributed by atoms with Crippen molar-refractivity contribution in [2.45, 2.75) is 12.8 Å². The van der Waals surface area contributed by atoms with Gasteiger partial charge in [0.25, 0.3) is 5.91 Å². The fourth-order valence-corrected chi connectivity index (χ4v) is 2.81. The summed E-state index contributed by atoms with van der Waals surface area (Å²) in [6, 6.07) is 7.16. The molecule has 3 heterocycles. The molecule has 1 aliphatic heterocycles. The zero-order chi connectivity index (χ0) is 16.1. The summed E-state index contributed by atoms with van der Waals surface area (Å²) in [6.45, 7) is 2.07. The average Bonchev–Trinajstić information content (AvgIpc) is 2.62. The molecule has 1 amide bonds. The van der Waals surface area contributed by atoms with E-state index >= 15 is 0 Å². The van der Waals surface area contributed by atoms with E-state index in [0.29, 0.717) is 29.0 Å². The van der Waals surface area contributed by atoms with Gasteiger partial charge in [0, 0.05) is 37.7 Å². The van der Waals surface area contributed by atoms with Crippen molar-refractivity contribution in [3.63, 3.8) is 0 Å². The maximum Gasteiger partial charge on any atom is 0.272 e. The molecule has 23 heavy (non-hydrogen) atoms. The van der Waals surface area contributed by atoms with Gasteiger partial charge in [0.05, 0.1) is 6.61 Å². The normalized spacial score (nSPS) is 15.4. The van der Waals surface area contributed by atoms with Crippen molar-refractivity contribution < 1.29 is 9.53 Å². The Morgan fingerprint density at radius 2 is 2.09 bits per heavy atom. The third kappa shape index (κ3) is 3.99. The molecule has 1 saturated heterocycles. The third-order valence-electron chi connectivity index (χ3n) is 4.00. The minimum atomic E-state index is 0.00199. The van der Waals surface area contributed by atoms with Crippen LogP contribution in [-0.2, 0) is 0 Å². The largest absolute Gasteiger partial charge is 0.492 e. The fraction of sp³-hybridized carbons (Fsp3) is 0.353.